The van der Waals surface area contributed by atoms with Crippen LogP contribution in [0.1, 0.15) is 41.6 Å². The van der Waals surface area contributed by atoms with Crippen LogP contribution in [0.3, 0.4) is 0 Å². The van der Waals surface area contributed by atoms with E-state index in [1.165, 1.54) is 79.5 Å². The number of piperidine rings is 1. The third kappa shape index (κ3) is 3.54. The molecule has 2 aromatic carbocycles. The minimum atomic E-state index is 0.839. The van der Waals surface area contributed by atoms with Gasteiger partial charge in [-0.3, -0.25) is 0 Å². The van der Waals surface area contributed by atoms with Crippen molar-refractivity contribution >= 4 is 10.9 Å². The monoisotopic (exact) mass is 400 g/mol. The zero-order chi connectivity index (χ0) is 20.1. The molecule has 2 unspecified atom stereocenters. The van der Waals surface area contributed by atoms with Crippen LogP contribution < -0.4 is 4.74 Å². The molecular weight excluding hydrogens is 368 g/mol. The van der Waals surface area contributed by atoms with E-state index >= 15 is 0 Å². The van der Waals surface area contributed by atoms with E-state index in [4.69, 9.17) is 4.74 Å². The first-order valence-corrected chi connectivity index (χ1v) is 11.7. The molecule has 1 aromatic heterocycles. The minimum absolute atomic E-state index is 0.839. The lowest BCUT2D eigenvalue weighted by molar-refractivity contribution is 0.108. The largest absolute Gasteiger partial charge is 0.497 e. The van der Waals surface area contributed by atoms with Gasteiger partial charge in [0.1, 0.15) is 5.75 Å². The van der Waals surface area contributed by atoms with E-state index in [0.29, 0.717) is 0 Å². The molecule has 2 atom stereocenters. The van der Waals surface area contributed by atoms with Gasteiger partial charge in [0.2, 0.25) is 0 Å². The fourth-order valence-corrected chi connectivity index (χ4v) is 5.90. The molecule has 2 aliphatic carbocycles. The molecule has 2 fully saturated rings. The number of nitrogens with one attached hydrogen (secondary N) is 1. The maximum atomic E-state index is 5.40. The number of aromatic nitrogens is 1. The predicted octanol–water partition coefficient (Wildman–Crippen LogP) is 5.21. The Morgan fingerprint density at radius 1 is 1.00 bits per heavy atom. The molecule has 156 valence electrons. The average Bonchev–Trinajstić information content (AvgIpc) is 3.52. The quantitative estimate of drug-likeness (QED) is 0.636. The van der Waals surface area contributed by atoms with Gasteiger partial charge in [-0.25, -0.2) is 0 Å². The first kappa shape index (κ1) is 18.5. The summed E-state index contributed by atoms with van der Waals surface area (Å²) in [7, 11) is 1.74. The highest BCUT2D eigenvalue weighted by molar-refractivity contribution is 5.85. The van der Waals surface area contributed by atoms with Crippen LogP contribution in [-0.2, 0) is 19.3 Å². The maximum absolute atomic E-state index is 5.40. The molecule has 1 saturated carbocycles. The Balaban J connectivity index is 1.26. The molecule has 2 heterocycles. The number of hydrogen-bond acceptors (Lipinski definition) is 2. The van der Waals surface area contributed by atoms with E-state index in [0.717, 1.165) is 29.9 Å². The van der Waals surface area contributed by atoms with Gasteiger partial charge in [0, 0.05) is 29.7 Å². The van der Waals surface area contributed by atoms with Crippen molar-refractivity contribution in [2.24, 2.45) is 17.8 Å². The predicted molar refractivity (Wildman–Crippen MR) is 122 cm³/mol. The molecule has 0 radical (unpaired) electrons. The molecule has 30 heavy (non-hydrogen) atoms. The Bertz CT molecular complexity index is 1060. The number of nitrogens with zero attached hydrogens (tertiary/aromatic N) is 1. The van der Waals surface area contributed by atoms with Crippen LogP contribution in [0.2, 0.25) is 0 Å². The van der Waals surface area contributed by atoms with Gasteiger partial charge in [-0.2, -0.15) is 0 Å². The summed E-state index contributed by atoms with van der Waals surface area (Å²) in [5.41, 5.74) is 7.13. The lowest BCUT2D eigenvalue weighted by Crippen LogP contribution is -2.44. The molecule has 0 amide bonds. The van der Waals surface area contributed by atoms with E-state index in [1.807, 2.05) is 6.07 Å². The first-order chi connectivity index (χ1) is 14.7. The Morgan fingerprint density at radius 3 is 2.77 bits per heavy atom. The van der Waals surface area contributed by atoms with E-state index in [2.05, 4.69) is 46.3 Å². The van der Waals surface area contributed by atoms with E-state index in [1.54, 1.807) is 12.7 Å². The van der Waals surface area contributed by atoms with Gasteiger partial charge in [-0.1, -0.05) is 18.2 Å². The van der Waals surface area contributed by atoms with E-state index in [-0.39, 0.29) is 0 Å². The van der Waals surface area contributed by atoms with Crippen molar-refractivity contribution in [1.29, 1.82) is 0 Å². The Hall–Kier alpha value is -2.26. The highest BCUT2D eigenvalue weighted by Crippen LogP contribution is 2.40. The second-order valence-electron chi connectivity index (χ2n) is 9.91. The number of aromatic amines is 1. The summed E-state index contributed by atoms with van der Waals surface area (Å²) < 4.78 is 5.40. The van der Waals surface area contributed by atoms with Crippen molar-refractivity contribution in [2.75, 3.05) is 26.7 Å². The van der Waals surface area contributed by atoms with Gasteiger partial charge >= 0.3 is 0 Å². The summed E-state index contributed by atoms with van der Waals surface area (Å²) >= 11 is 0. The van der Waals surface area contributed by atoms with Crippen LogP contribution in [0.15, 0.2) is 42.5 Å². The number of H-pyrrole nitrogens is 1. The van der Waals surface area contributed by atoms with Crippen molar-refractivity contribution in [3.8, 4) is 5.75 Å². The second-order valence-corrected chi connectivity index (χ2v) is 9.91. The number of benzene rings is 2. The highest BCUT2D eigenvalue weighted by Gasteiger charge is 2.36. The molecule has 0 spiro atoms. The number of fused-ring (bicyclic) bond motifs is 4. The van der Waals surface area contributed by atoms with Crippen molar-refractivity contribution in [1.82, 2.24) is 9.88 Å². The molecule has 1 saturated heterocycles. The molecule has 6 rings (SSSR count). The van der Waals surface area contributed by atoms with Gasteiger partial charge in [-0.15, -0.1) is 0 Å². The normalized spacial score (nSPS) is 23.9. The second kappa shape index (κ2) is 7.46. The van der Waals surface area contributed by atoms with E-state index < -0.39 is 0 Å². The summed E-state index contributed by atoms with van der Waals surface area (Å²) in [6, 6.07) is 15.5. The number of methoxy groups -OCH3 is 1. The minimum Gasteiger partial charge on any atom is -0.497 e. The van der Waals surface area contributed by atoms with Gasteiger partial charge in [0.15, 0.2) is 0 Å². The van der Waals surface area contributed by atoms with Gasteiger partial charge in [0.05, 0.1) is 7.11 Å². The van der Waals surface area contributed by atoms with Gasteiger partial charge in [0.25, 0.3) is 0 Å². The summed E-state index contributed by atoms with van der Waals surface area (Å²) in [4.78, 5) is 6.55. The molecule has 3 nitrogen and oxygen atoms in total. The fourth-order valence-electron chi connectivity index (χ4n) is 5.90. The van der Waals surface area contributed by atoms with Crippen molar-refractivity contribution in [3.05, 3.63) is 64.8 Å². The van der Waals surface area contributed by atoms with E-state index in [9.17, 15) is 0 Å². The van der Waals surface area contributed by atoms with Crippen molar-refractivity contribution in [3.63, 3.8) is 0 Å². The summed E-state index contributed by atoms with van der Waals surface area (Å²) in [5, 5.41) is 1.46. The van der Waals surface area contributed by atoms with Crippen molar-refractivity contribution in [2.45, 2.75) is 38.5 Å². The van der Waals surface area contributed by atoms with Crippen LogP contribution in [0.4, 0.5) is 0 Å². The lowest BCUT2D eigenvalue weighted by Gasteiger charge is -2.41. The molecule has 1 aliphatic heterocycles. The zero-order valence-corrected chi connectivity index (χ0v) is 18.0. The molecular formula is C27H32N2O. The summed E-state index contributed by atoms with van der Waals surface area (Å²) in [5.74, 6) is 3.66. The standard InChI is InChI=1S/C27H32N2O/c1-30-23-4-2-3-19(12-23)11-20-7-8-26-24(13-20)25-14-22-17-29(16-18-5-6-18)10-9-21(22)15-27(25)28-26/h2-4,7-8,12-13,18,21-22,28H,5-6,9-11,14-17H2,1H3. The molecule has 3 aliphatic rings. The Kier molecular flexibility index (Phi) is 4.60. The summed E-state index contributed by atoms with van der Waals surface area (Å²) in [6.45, 7) is 3.99. The molecule has 1 N–H and O–H groups in total. The number of likely N-dealkylation sites (tertiary alicyclic amines) is 1. The van der Waals surface area contributed by atoms with Gasteiger partial charge in [-0.05, 0) is 104 Å². The zero-order valence-electron chi connectivity index (χ0n) is 18.0. The first-order valence-electron chi connectivity index (χ1n) is 11.7. The fraction of sp³-hybridized carbons (Fsp3) is 0.481. The average molecular weight is 401 g/mol. The number of rotatable bonds is 5. The Morgan fingerprint density at radius 2 is 1.90 bits per heavy atom. The topological polar surface area (TPSA) is 28.3 Å². The van der Waals surface area contributed by atoms with Crippen LogP contribution in [0, 0.1) is 17.8 Å². The smallest absolute Gasteiger partial charge is 0.119 e. The Labute approximate surface area is 179 Å². The SMILES string of the molecule is COc1cccc(Cc2ccc3[nH]c4c(c3c2)CC2CN(CC3CC3)CCC2C4)c1. The summed E-state index contributed by atoms with van der Waals surface area (Å²) in [6.07, 6.45) is 7.77. The molecule has 3 heteroatoms. The third-order valence-corrected chi connectivity index (χ3v) is 7.72. The van der Waals surface area contributed by atoms with Crippen molar-refractivity contribution < 1.29 is 4.74 Å². The number of ether oxygens (including phenoxy) is 1. The molecule has 0 bridgehead atoms. The van der Waals surface area contributed by atoms with Crippen LogP contribution in [0.25, 0.3) is 10.9 Å². The van der Waals surface area contributed by atoms with Crippen LogP contribution in [0.5, 0.6) is 5.75 Å². The molecule has 3 aromatic rings. The van der Waals surface area contributed by atoms with Crippen LogP contribution >= 0.6 is 0 Å². The third-order valence-electron chi connectivity index (χ3n) is 7.72. The maximum Gasteiger partial charge on any atom is 0.119 e. The van der Waals surface area contributed by atoms with Gasteiger partial charge < -0.3 is 14.6 Å². The highest BCUT2D eigenvalue weighted by atomic mass is 16.5. The van der Waals surface area contributed by atoms with Crippen LogP contribution in [-0.4, -0.2) is 36.6 Å². The number of hydrogen-bond donors (Lipinski definition) is 1. The lowest BCUT2D eigenvalue weighted by atomic mass is 9.74.